The first-order valence-corrected chi connectivity index (χ1v) is 9.82. The summed E-state index contributed by atoms with van der Waals surface area (Å²) in [4.78, 5) is 23.3. The third-order valence-corrected chi connectivity index (χ3v) is 3.81. The van der Waals surface area contributed by atoms with Gasteiger partial charge in [-0.15, -0.1) is 0 Å². The second-order valence-electron chi connectivity index (χ2n) is 5.21. The molecule has 1 atom stereocenters. The molecule has 0 aliphatic carbocycles. The molecule has 0 fully saturated rings. The summed E-state index contributed by atoms with van der Waals surface area (Å²) >= 11 is 1.64. The van der Waals surface area contributed by atoms with Crippen molar-refractivity contribution in [3.63, 3.8) is 0 Å². The van der Waals surface area contributed by atoms with Crippen LogP contribution < -0.4 is 10.1 Å². The molecule has 0 aromatic heterocycles. The molecule has 1 unspecified atom stereocenters. The highest BCUT2D eigenvalue weighted by molar-refractivity contribution is 7.98. The molecule has 0 radical (unpaired) electrons. The molecular weight excluding hydrogens is 358 g/mol. The maximum Gasteiger partial charge on any atom is 0.363 e. The Labute approximate surface area is 158 Å². The number of thioether (sulfide) groups is 1. The Morgan fingerprint density at radius 2 is 1.92 bits per heavy atom. The number of anilines is 1. The molecule has 0 saturated heterocycles. The molecule has 0 aliphatic heterocycles. The third kappa shape index (κ3) is 9.07. The zero-order valence-corrected chi connectivity index (χ0v) is 16.3. The van der Waals surface area contributed by atoms with Crippen LogP contribution in [0.2, 0.25) is 0 Å². The lowest BCUT2D eigenvalue weighted by Gasteiger charge is -2.14. The number of nitrogens with one attached hydrogen (secondary N) is 1. The van der Waals surface area contributed by atoms with Gasteiger partial charge >= 0.3 is 5.97 Å². The van der Waals surface area contributed by atoms with E-state index in [0.29, 0.717) is 31.8 Å². The van der Waals surface area contributed by atoms with Crippen molar-refractivity contribution in [3.8, 4) is 5.75 Å². The maximum absolute atomic E-state index is 11.7. The lowest BCUT2D eigenvalue weighted by Crippen LogP contribution is -2.28. The van der Waals surface area contributed by atoms with Gasteiger partial charge in [0.25, 0.3) is 6.29 Å². The van der Waals surface area contributed by atoms with Crippen LogP contribution in [-0.4, -0.2) is 57.1 Å². The standard InChI is InChI=1S/C18H27NO6S/c1-4-23-18(22-2)17(21)25-12-5-11-24-15-8-6-14(7-9-15)19-16(20)10-13-26-3/h6-9,18H,4-5,10-13H2,1-3H3,(H,19,20). The summed E-state index contributed by atoms with van der Waals surface area (Å²) in [6, 6.07) is 7.15. The van der Waals surface area contributed by atoms with Gasteiger partial charge in [-0.1, -0.05) is 0 Å². The predicted molar refractivity (Wildman–Crippen MR) is 102 cm³/mol. The zero-order chi connectivity index (χ0) is 19.2. The fraction of sp³-hybridized carbons (Fsp3) is 0.556. The van der Waals surface area contributed by atoms with Crippen molar-refractivity contribution in [2.45, 2.75) is 26.1 Å². The summed E-state index contributed by atoms with van der Waals surface area (Å²) in [5.74, 6) is 0.933. The summed E-state index contributed by atoms with van der Waals surface area (Å²) < 4.78 is 20.6. The second-order valence-corrected chi connectivity index (χ2v) is 6.19. The van der Waals surface area contributed by atoms with Gasteiger partial charge in [0.05, 0.1) is 13.2 Å². The summed E-state index contributed by atoms with van der Waals surface area (Å²) in [5, 5.41) is 2.83. The van der Waals surface area contributed by atoms with E-state index in [1.165, 1.54) is 7.11 Å². The molecule has 26 heavy (non-hydrogen) atoms. The number of hydrogen-bond acceptors (Lipinski definition) is 7. The van der Waals surface area contributed by atoms with E-state index in [0.717, 1.165) is 11.4 Å². The smallest absolute Gasteiger partial charge is 0.363 e. The van der Waals surface area contributed by atoms with Crippen LogP contribution in [0.1, 0.15) is 19.8 Å². The molecule has 0 bridgehead atoms. The fourth-order valence-corrected chi connectivity index (χ4v) is 2.32. The number of benzene rings is 1. The van der Waals surface area contributed by atoms with E-state index >= 15 is 0 Å². The molecule has 146 valence electrons. The minimum absolute atomic E-state index is 0.00347. The number of methoxy groups -OCH3 is 1. The number of rotatable bonds is 13. The van der Waals surface area contributed by atoms with Crippen LogP contribution in [0.5, 0.6) is 5.75 Å². The lowest BCUT2D eigenvalue weighted by molar-refractivity contribution is -0.188. The van der Waals surface area contributed by atoms with Crippen LogP contribution in [0.25, 0.3) is 0 Å². The van der Waals surface area contributed by atoms with Gasteiger partial charge in [-0.2, -0.15) is 11.8 Å². The van der Waals surface area contributed by atoms with Crippen molar-refractivity contribution >= 4 is 29.3 Å². The van der Waals surface area contributed by atoms with Gasteiger partial charge in [-0.25, -0.2) is 4.79 Å². The third-order valence-electron chi connectivity index (χ3n) is 3.20. The van der Waals surface area contributed by atoms with Crippen molar-refractivity contribution in [2.75, 3.05) is 44.3 Å². The van der Waals surface area contributed by atoms with Crippen molar-refractivity contribution in [1.82, 2.24) is 0 Å². The van der Waals surface area contributed by atoms with Crippen LogP contribution in [0.15, 0.2) is 24.3 Å². The van der Waals surface area contributed by atoms with Crippen molar-refractivity contribution < 1.29 is 28.5 Å². The first-order valence-electron chi connectivity index (χ1n) is 8.43. The maximum atomic E-state index is 11.7. The molecule has 0 aliphatic rings. The molecule has 0 saturated carbocycles. The molecule has 1 aromatic carbocycles. The highest BCUT2D eigenvalue weighted by Gasteiger charge is 2.19. The number of esters is 1. The summed E-state index contributed by atoms with van der Waals surface area (Å²) in [5.41, 5.74) is 0.735. The first kappa shape index (κ1) is 22.3. The summed E-state index contributed by atoms with van der Waals surface area (Å²) in [6.07, 6.45) is 2.02. The Balaban J connectivity index is 2.23. The highest BCUT2D eigenvalue weighted by atomic mass is 32.2. The van der Waals surface area contributed by atoms with Crippen LogP contribution in [0.4, 0.5) is 5.69 Å². The number of amides is 1. The molecule has 0 spiro atoms. The zero-order valence-electron chi connectivity index (χ0n) is 15.5. The van der Waals surface area contributed by atoms with Gasteiger partial charge in [0, 0.05) is 38.0 Å². The number of hydrogen-bond donors (Lipinski definition) is 1. The molecular formula is C18H27NO6S. The van der Waals surface area contributed by atoms with E-state index in [9.17, 15) is 9.59 Å². The van der Waals surface area contributed by atoms with Crippen LogP contribution >= 0.6 is 11.8 Å². The van der Waals surface area contributed by atoms with Crippen molar-refractivity contribution in [3.05, 3.63) is 24.3 Å². The van der Waals surface area contributed by atoms with E-state index < -0.39 is 12.3 Å². The highest BCUT2D eigenvalue weighted by Crippen LogP contribution is 2.16. The van der Waals surface area contributed by atoms with E-state index in [-0.39, 0.29) is 12.5 Å². The van der Waals surface area contributed by atoms with Gasteiger partial charge in [0.1, 0.15) is 5.75 Å². The SMILES string of the molecule is CCOC(OC)C(=O)OCCCOc1ccc(NC(=O)CCSC)cc1. The largest absolute Gasteiger partial charge is 0.493 e. The van der Waals surface area contributed by atoms with Gasteiger partial charge in [-0.05, 0) is 37.4 Å². The molecule has 8 heteroatoms. The van der Waals surface area contributed by atoms with E-state index in [1.807, 2.05) is 6.26 Å². The Hall–Kier alpha value is -1.77. The lowest BCUT2D eigenvalue weighted by atomic mass is 10.3. The molecule has 1 aromatic rings. The van der Waals surface area contributed by atoms with Crippen LogP contribution in [-0.2, 0) is 23.8 Å². The number of ether oxygens (including phenoxy) is 4. The molecule has 1 rings (SSSR count). The fourth-order valence-electron chi connectivity index (χ4n) is 1.93. The molecule has 7 nitrogen and oxygen atoms in total. The average molecular weight is 385 g/mol. The van der Waals surface area contributed by atoms with Gasteiger partial charge in [-0.3, -0.25) is 4.79 Å². The molecule has 1 N–H and O–H groups in total. The minimum atomic E-state index is -0.986. The average Bonchev–Trinajstić information content (AvgIpc) is 2.65. The Kier molecular flexibility index (Phi) is 11.5. The van der Waals surface area contributed by atoms with Crippen LogP contribution in [0, 0.1) is 0 Å². The normalized spacial score (nSPS) is 11.7. The summed E-state index contributed by atoms with van der Waals surface area (Å²) in [7, 11) is 1.39. The Morgan fingerprint density at radius 3 is 2.54 bits per heavy atom. The predicted octanol–water partition coefficient (Wildman–Crippen LogP) is 2.70. The van der Waals surface area contributed by atoms with Gasteiger partial charge in [0.2, 0.25) is 5.91 Å². The quantitative estimate of drug-likeness (QED) is 0.317. The van der Waals surface area contributed by atoms with Crippen molar-refractivity contribution in [1.29, 1.82) is 0 Å². The monoisotopic (exact) mass is 385 g/mol. The summed E-state index contributed by atoms with van der Waals surface area (Å²) in [6.45, 7) is 2.76. The molecule has 0 heterocycles. The topological polar surface area (TPSA) is 83.1 Å². The van der Waals surface area contributed by atoms with Crippen molar-refractivity contribution in [2.24, 2.45) is 0 Å². The number of carbonyl (C=O) groups excluding carboxylic acids is 2. The first-order chi connectivity index (χ1) is 12.6. The Bertz CT molecular complexity index is 537. The molecule has 1 amide bonds. The van der Waals surface area contributed by atoms with E-state index in [1.54, 1.807) is 43.0 Å². The van der Waals surface area contributed by atoms with E-state index in [4.69, 9.17) is 18.9 Å². The number of carbonyl (C=O) groups is 2. The Morgan fingerprint density at radius 1 is 1.19 bits per heavy atom. The van der Waals surface area contributed by atoms with Gasteiger partial charge < -0.3 is 24.3 Å². The van der Waals surface area contributed by atoms with E-state index in [2.05, 4.69) is 5.32 Å². The second kappa shape index (κ2) is 13.4. The van der Waals surface area contributed by atoms with Gasteiger partial charge in [0.15, 0.2) is 0 Å². The van der Waals surface area contributed by atoms with Crippen LogP contribution in [0.3, 0.4) is 0 Å². The minimum Gasteiger partial charge on any atom is -0.493 e.